The zero-order chi connectivity index (χ0) is 49.1. The summed E-state index contributed by atoms with van der Waals surface area (Å²) in [5.74, 6) is -0.879. The van der Waals surface area contributed by atoms with Gasteiger partial charge in [-0.2, -0.15) is 0 Å². The summed E-state index contributed by atoms with van der Waals surface area (Å²) in [6.45, 7) is 13.2. The molecular weight excluding hydrogens is 920 g/mol. The molecule has 16 heteroatoms. The second-order valence-corrected chi connectivity index (χ2v) is 17.9. The monoisotopic (exact) mass is 972 g/mol. The molecule has 1 amide bonds. The van der Waals surface area contributed by atoms with E-state index in [1.807, 2.05) is 121 Å². The van der Waals surface area contributed by atoms with E-state index >= 15 is 0 Å². The first-order valence-corrected chi connectivity index (χ1v) is 21.8. The molecular formula is C51H53BrN6O9. The number of carbonyl (C=O) groups is 1. The molecule has 3 heterocycles. The van der Waals surface area contributed by atoms with Crippen LogP contribution in [0.3, 0.4) is 0 Å². The lowest BCUT2D eigenvalue weighted by molar-refractivity contribution is 0.0636. The van der Waals surface area contributed by atoms with Crippen molar-refractivity contribution in [2.75, 3.05) is 16.8 Å². The maximum atomic E-state index is 11.8. The largest absolute Gasteiger partial charge is 0.506 e. The fourth-order valence-electron chi connectivity index (χ4n) is 7.33. The molecule has 0 aliphatic rings. The molecule has 9 aromatic rings. The van der Waals surface area contributed by atoms with Crippen molar-refractivity contribution >= 4 is 72.4 Å². The predicted molar refractivity (Wildman–Crippen MR) is 269 cm³/mol. The van der Waals surface area contributed by atoms with E-state index in [1.165, 1.54) is 13.7 Å². The maximum Gasteiger partial charge on any atom is 0.419 e. The average molecular weight is 974 g/mol. The van der Waals surface area contributed by atoms with Gasteiger partial charge in [-0.3, -0.25) is 19.0 Å². The topological polar surface area (TPSA) is 216 Å². The molecule has 0 aliphatic heterocycles. The van der Waals surface area contributed by atoms with Crippen molar-refractivity contribution in [2.45, 2.75) is 54.1 Å². The number of benzene rings is 6. The number of rotatable bonds is 3. The molecule has 6 aromatic carbocycles. The van der Waals surface area contributed by atoms with Gasteiger partial charge in [0.1, 0.15) is 11.4 Å². The van der Waals surface area contributed by atoms with Crippen molar-refractivity contribution in [1.82, 2.24) is 13.7 Å². The number of anilines is 3. The van der Waals surface area contributed by atoms with Crippen LogP contribution >= 0.6 is 15.9 Å². The lowest BCUT2D eigenvalue weighted by Gasteiger charge is -2.19. The number of nitrogen functional groups attached to an aromatic ring is 2. The molecule has 0 atom stereocenters. The molecule has 3 aromatic heterocycles. The Bertz CT molecular complexity index is 3420. The Morgan fingerprint density at radius 1 is 0.597 bits per heavy atom. The van der Waals surface area contributed by atoms with Gasteiger partial charge in [0.25, 0.3) is 0 Å². The highest BCUT2D eigenvalue weighted by molar-refractivity contribution is 9.10. The summed E-state index contributed by atoms with van der Waals surface area (Å²) in [5, 5.41) is 11.7. The maximum absolute atomic E-state index is 11.8. The minimum atomic E-state index is -0.545. The number of para-hydroxylation sites is 1. The number of amides is 1. The first kappa shape index (κ1) is 48.7. The quantitative estimate of drug-likeness (QED) is 0.0965. The van der Waals surface area contributed by atoms with E-state index < -0.39 is 11.7 Å². The predicted octanol–water partition coefficient (Wildman–Crippen LogP) is 10.6. The Morgan fingerprint density at radius 3 is 1.43 bits per heavy atom. The van der Waals surface area contributed by atoms with Crippen LogP contribution in [0.5, 0.6) is 5.75 Å². The van der Waals surface area contributed by atoms with Crippen LogP contribution in [-0.2, 0) is 25.9 Å². The van der Waals surface area contributed by atoms with E-state index in [0.717, 1.165) is 71.2 Å². The fourth-order valence-corrected chi connectivity index (χ4v) is 7.88. The molecule has 0 bridgehead atoms. The highest BCUT2D eigenvalue weighted by Crippen LogP contribution is 2.30. The Labute approximate surface area is 393 Å². The zero-order valence-electron chi connectivity index (χ0n) is 38.9. The average Bonchev–Trinajstić information content (AvgIpc) is 3.83. The summed E-state index contributed by atoms with van der Waals surface area (Å²) in [5.41, 5.74) is 24.6. The third-order valence-corrected chi connectivity index (χ3v) is 11.0. The van der Waals surface area contributed by atoms with Gasteiger partial charge in [0, 0.05) is 37.0 Å². The first-order valence-electron chi connectivity index (χ1n) is 21.0. The Kier molecular flexibility index (Phi) is 14.4. The number of hydrogen-bond acceptors (Lipinski definition) is 11. The van der Waals surface area contributed by atoms with Gasteiger partial charge in [0.2, 0.25) is 0 Å². The molecule has 67 heavy (non-hydrogen) atoms. The second-order valence-electron chi connectivity index (χ2n) is 17.0. The van der Waals surface area contributed by atoms with Gasteiger partial charge in [-0.25, -0.2) is 19.2 Å². The molecule has 0 aliphatic carbocycles. The van der Waals surface area contributed by atoms with Crippen LogP contribution in [0.1, 0.15) is 43.0 Å². The van der Waals surface area contributed by atoms with Crippen LogP contribution in [0.25, 0.3) is 55.6 Å². The number of nitrogens with two attached hydrogens (primary N) is 2. The van der Waals surface area contributed by atoms with Crippen LogP contribution < -0.4 is 34.1 Å². The van der Waals surface area contributed by atoms with Gasteiger partial charge >= 0.3 is 23.4 Å². The van der Waals surface area contributed by atoms with Gasteiger partial charge in [-0.05, 0) is 160 Å². The molecule has 0 saturated carbocycles. The number of oxazole rings is 3. The summed E-state index contributed by atoms with van der Waals surface area (Å²) >= 11 is 3.35. The molecule has 0 radical (unpaired) electrons. The standard InChI is InChI=1S/C20H22N2O4.C15H14N2O2.C9H8BrNO2.C7H9NO/c1-12-10-14(11-16-17(12)22(5)19(24)25-16)13-6-8-15(9-7-13)21-18(23)26-20(2,3)4;1-9-7-11(10-3-5-12(16)6-4-10)8-13-14(9)17(2)15(18)19-13;1-5-3-6(10)4-7-8(5)11(2)9(12)13-7;1-5-3-2-4-6(9)7(5)8/h6-11H,1-5H3,(H,21,23);3-8H,16H2,1-2H3;3-4H,1-2H3;2-4,9H,8H2,1H3. The summed E-state index contributed by atoms with van der Waals surface area (Å²) in [6, 6.07) is 31.8. The number of aryl methyl sites for hydroxylation is 7. The highest BCUT2D eigenvalue weighted by Gasteiger charge is 2.17. The molecule has 0 unspecified atom stereocenters. The van der Waals surface area contributed by atoms with E-state index in [4.69, 9.17) is 34.6 Å². The van der Waals surface area contributed by atoms with Crippen molar-refractivity contribution in [3.8, 4) is 28.0 Å². The van der Waals surface area contributed by atoms with Crippen molar-refractivity contribution in [2.24, 2.45) is 21.1 Å². The molecule has 0 spiro atoms. The normalized spacial score (nSPS) is 11.0. The number of aromatic hydroxyl groups is 1. The SMILES string of the molecule is Cc1cc(-c2ccc(N)cc2)cc2oc(=O)n(C)c12.Cc1cc(-c2ccc(NC(=O)OC(C)(C)C)cc2)cc2oc(=O)n(C)c12.Cc1cc(Br)cc2oc(=O)n(C)c12.Cc1cccc(O)c1N. The Hall–Kier alpha value is -7.72. The van der Waals surface area contributed by atoms with Crippen molar-refractivity contribution in [3.05, 3.63) is 162 Å². The molecule has 6 N–H and O–H groups in total. The van der Waals surface area contributed by atoms with Crippen LogP contribution in [-0.4, -0.2) is 30.5 Å². The van der Waals surface area contributed by atoms with Crippen LogP contribution in [0.2, 0.25) is 0 Å². The zero-order valence-corrected chi connectivity index (χ0v) is 40.5. The Balaban J connectivity index is 0.000000158. The van der Waals surface area contributed by atoms with E-state index in [1.54, 1.807) is 51.5 Å². The third-order valence-electron chi connectivity index (χ3n) is 10.6. The van der Waals surface area contributed by atoms with E-state index in [0.29, 0.717) is 28.1 Å². The minimum Gasteiger partial charge on any atom is -0.506 e. The van der Waals surface area contributed by atoms with Gasteiger partial charge in [-0.1, -0.05) is 52.3 Å². The fraction of sp³-hybridized carbons (Fsp3) is 0.216. The van der Waals surface area contributed by atoms with Gasteiger partial charge < -0.3 is 34.6 Å². The smallest absolute Gasteiger partial charge is 0.419 e. The number of phenolic OH excluding ortho intramolecular Hbond substituents is 1. The van der Waals surface area contributed by atoms with E-state index in [9.17, 15) is 19.2 Å². The Morgan fingerprint density at radius 2 is 1.01 bits per heavy atom. The van der Waals surface area contributed by atoms with Crippen LogP contribution in [0.4, 0.5) is 21.9 Å². The molecule has 0 saturated heterocycles. The number of aromatic nitrogens is 3. The summed E-state index contributed by atoms with van der Waals surface area (Å²) in [7, 11) is 5.11. The lowest BCUT2D eigenvalue weighted by atomic mass is 10.0. The number of halogens is 1. The number of nitrogens with zero attached hydrogens (tertiary/aromatic N) is 3. The third kappa shape index (κ3) is 11.4. The molecule has 0 fully saturated rings. The number of hydrogen-bond donors (Lipinski definition) is 4. The van der Waals surface area contributed by atoms with E-state index in [2.05, 4.69) is 21.2 Å². The number of carbonyl (C=O) groups excluding carboxylic acids is 1. The lowest BCUT2D eigenvalue weighted by Crippen LogP contribution is -2.27. The second kappa shape index (κ2) is 19.8. The van der Waals surface area contributed by atoms with Crippen LogP contribution in [0.15, 0.2) is 135 Å². The van der Waals surface area contributed by atoms with Crippen molar-refractivity contribution < 1.29 is 27.9 Å². The highest BCUT2D eigenvalue weighted by atomic mass is 79.9. The minimum absolute atomic E-state index is 0.162. The summed E-state index contributed by atoms with van der Waals surface area (Å²) < 4.78 is 26.3. The van der Waals surface area contributed by atoms with Crippen LogP contribution in [0, 0.1) is 27.7 Å². The van der Waals surface area contributed by atoms with Gasteiger partial charge in [-0.15, -0.1) is 0 Å². The first-order chi connectivity index (χ1) is 31.5. The number of fused-ring (bicyclic) bond motifs is 3. The summed E-state index contributed by atoms with van der Waals surface area (Å²) in [6.07, 6.45) is -0.492. The van der Waals surface area contributed by atoms with Crippen molar-refractivity contribution in [1.29, 1.82) is 0 Å². The van der Waals surface area contributed by atoms with E-state index in [-0.39, 0.29) is 23.0 Å². The molecule has 348 valence electrons. The summed E-state index contributed by atoms with van der Waals surface area (Å²) in [4.78, 5) is 46.3. The molecule has 15 nitrogen and oxygen atoms in total. The van der Waals surface area contributed by atoms with Gasteiger partial charge in [0.15, 0.2) is 16.7 Å². The molecule has 9 rings (SSSR count). The number of nitrogens with one attached hydrogen (secondary N) is 1. The number of ether oxygens (including phenoxy) is 1. The van der Waals surface area contributed by atoms with Gasteiger partial charge in [0.05, 0.1) is 22.2 Å². The number of phenols is 1. The van der Waals surface area contributed by atoms with Crippen molar-refractivity contribution in [3.63, 3.8) is 0 Å².